The van der Waals surface area contributed by atoms with E-state index in [1.807, 2.05) is 6.92 Å². The number of benzene rings is 1. The summed E-state index contributed by atoms with van der Waals surface area (Å²) in [6.45, 7) is 2.00. The predicted molar refractivity (Wildman–Crippen MR) is 78.9 cm³/mol. The predicted octanol–water partition coefficient (Wildman–Crippen LogP) is 2.87. The van der Waals surface area contributed by atoms with Crippen molar-refractivity contribution >= 4 is 11.8 Å². The van der Waals surface area contributed by atoms with E-state index in [9.17, 15) is 9.59 Å². The van der Waals surface area contributed by atoms with Crippen LogP contribution in [0.15, 0.2) is 18.2 Å². The number of hydrogen-bond acceptors (Lipinski definition) is 5. The SMILES string of the molecule is CCCCC(C(=O)OC)C(=O)c1c(OC)cccc1OC. The molecule has 0 aliphatic carbocycles. The fourth-order valence-electron chi connectivity index (χ4n) is 2.17. The Morgan fingerprint density at radius 2 is 1.67 bits per heavy atom. The molecular weight excluding hydrogens is 272 g/mol. The van der Waals surface area contributed by atoms with Crippen molar-refractivity contribution in [3.8, 4) is 11.5 Å². The fourth-order valence-corrected chi connectivity index (χ4v) is 2.17. The maximum absolute atomic E-state index is 12.7. The van der Waals surface area contributed by atoms with Crippen molar-refractivity contribution in [1.29, 1.82) is 0 Å². The molecule has 1 aromatic carbocycles. The van der Waals surface area contributed by atoms with Gasteiger partial charge in [-0.05, 0) is 18.6 Å². The van der Waals surface area contributed by atoms with Crippen molar-refractivity contribution < 1.29 is 23.8 Å². The molecule has 1 aromatic rings. The van der Waals surface area contributed by atoms with Crippen LogP contribution >= 0.6 is 0 Å². The van der Waals surface area contributed by atoms with Gasteiger partial charge in [-0.1, -0.05) is 25.8 Å². The number of hydrogen-bond donors (Lipinski definition) is 0. The zero-order chi connectivity index (χ0) is 15.8. The van der Waals surface area contributed by atoms with Crippen molar-refractivity contribution in [2.45, 2.75) is 26.2 Å². The Hall–Kier alpha value is -2.04. The van der Waals surface area contributed by atoms with Crippen molar-refractivity contribution in [2.75, 3.05) is 21.3 Å². The van der Waals surface area contributed by atoms with Crippen LogP contribution in [-0.4, -0.2) is 33.1 Å². The highest BCUT2D eigenvalue weighted by molar-refractivity contribution is 6.11. The number of methoxy groups -OCH3 is 3. The molecule has 21 heavy (non-hydrogen) atoms. The lowest BCUT2D eigenvalue weighted by molar-refractivity contribution is -0.143. The van der Waals surface area contributed by atoms with Gasteiger partial charge in [0.1, 0.15) is 23.0 Å². The number of Topliss-reactive ketones (excluding diaryl/α,β-unsaturated/α-hetero) is 1. The maximum atomic E-state index is 12.7. The molecule has 5 heteroatoms. The van der Waals surface area contributed by atoms with Crippen molar-refractivity contribution in [1.82, 2.24) is 0 Å². The van der Waals surface area contributed by atoms with Crippen LogP contribution in [0.3, 0.4) is 0 Å². The summed E-state index contributed by atoms with van der Waals surface area (Å²) in [5, 5.41) is 0. The van der Waals surface area contributed by atoms with Gasteiger partial charge < -0.3 is 14.2 Å². The van der Waals surface area contributed by atoms with Crippen LogP contribution in [0, 0.1) is 5.92 Å². The molecule has 1 unspecified atom stereocenters. The van der Waals surface area contributed by atoms with Gasteiger partial charge >= 0.3 is 5.97 Å². The number of carbonyl (C=O) groups excluding carboxylic acids is 2. The average Bonchev–Trinajstić information content (AvgIpc) is 2.53. The van der Waals surface area contributed by atoms with Crippen LogP contribution in [0.1, 0.15) is 36.5 Å². The van der Waals surface area contributed by atoms with Gasteiger partial charge in [-0.2, -0.15) is 0 Å². The van der Waals surface area contributed by atoms with Crippen molar-refractivity contribution in [3.63, 3.8) is 0 Å². The minimum absolute atomic E-state index is 0.286. The molecule has 0 aromatic heterocycles. The first-order chi connectivity index (χ1) is 10.1. The Bertz CT molecular complexity index is 473. The summed E-state index contributed by atoms with van der Waals surface area (Å²) in [6.07, 6.45) is 2.11. The molecule has 0 heterocycles. The van der Waals surface area contributed by atoms with E-state index in [-0.39, 0.29) is 11.3 Å². The van der Waals surface area contributed by atoms with E-state index in [0.717, 1.165) is 12.8 Å². The molecule has 0 bridgehead atoms. The van der Waals surface area contributed by atoms with E-state index < -0.39 is 11.9 Å². The Morgan fingerprint density at radius 1 is 1.10 bits per heavy atom. The van der Waals surface area contributed by atoms with Gasteiger partial charge in [-0.15, -0.1) is 0 Å². The third kappa shape index (κ3) is 3.97. The van der Waals surface area contributed by atoms with Crippen LogP contribution in [0.4, 0.5) is 0 Å². The minimum Gasteiger partial charge on any atom is -0.496 e. The van der Waals surface area contributed by atoms with E-state index in [4.69, 9.17) is 14.2 Å². The molecule has 0 saturated heterocycles. The maximum Gasteiger partial charge on any atom is 0.316 e. The number of rotatable bonds is 8. The molecular formula is C16H22O5. The van der Waals surface area contributed by atoms with E-state index in [1.54, 1.807) is 18.2 Å². The molecule has 1 atom stereocenters. The summed E-state index contributed by atoms with van der Waals surface area (Å²) in [4.78, 5) is 24.7. The highest BCUT2D eigenvalue weighted by Crippen LogP contribution is 2.32. The van der Waals surface area contributed by atoms with Gasteiger partial charge in [-0.3, -0.25) is 9.59 Å². The number of carbonyl (C=O) groups is 2. The van der Waals surface area contributed by atoms with Gasteiger partial charge in [0, 0.05) is 0 Å². The Morgan fingerprint density at radius 3 is 2.10 bits per heavy atom. The first-order valence-electron chi connectivity index (χ1n) is 6.93. The summed E-state index contributed by atoms with van der Waals surface area (Å²) in [5.41, 5.74) is 0.286. The second-order valence-electron chi connectivity index (χ2n) is 4.62. The smallest absolute Gasteiger partial charge is 0.316 e. The molecule has 0 amide bonds. The van der Waals surface area contributed by atoms with Crippen LogP contribution in [0.2, 0.25) is 0 Å². The van der Waals surface area contributed by atoms with Gasteiger partial charge in [-0.25, -0.2) is 0 Å². The fraction of sp³-hybridized carbons (Fsp3) is 0.500. The largest absolute Gasteiger partial charge is 0.496 e. The highest BCUT2D eigenvalue weighted by Gasteiger charge is 2.32. The van der Waals surface area contributed by atoms with E-state index in [1.165, 1.54) is 21.3 Å². The second-order valence-corrected chi connectivity index (χ2v) is 4.62. The monoisotopic (exact) mass is 294 g/mol. The lowest BCUT2D eigenvalue weighted by atomic mass is 9.91. The minimum atomic E-state index is -0.833. The van der Waals surface area contributed by atoms with Gasteiger partial charge in [0.25, 0.3) is 0 Å². The Balaban J connectivity index is 3.22. The molecule has 0 spiro atoms. The first kappa shape index (κ1) is 17.0. The Labute approximate surface area is 125 Å². The lowest BCUT2D eigenvalue weighted by Crippen LogP contribution is -2.26. The lowest BCUT2D eigenvalue weighted by Gasteiger charge is -2.17. The Kier molecular flexibility index (Phi) is 6.72. The molecule has 0 N–H and O–H groups in total. The standard InChI is InChI=1S/C16H22O5/c1-5-6-8-11(16(18)21-4)15(17)14-12(19-2)9-7-10-13(14)20-3/h7,9-11H,5-6,8H2,1-4H3. The molecule has 0 saturated carbocycles. The van der Waals surface area contributed by atoms with Gasteiger partial charge in [0.15, 0.2) is 5.78 Å². The summed E-state index contributed by atoms with van der Waals surface area (Å²) in [7, 11) is 4.24. The topological polar surface area (TPSA) is 61.8 Å². The number of esters is 1. The van der Waals surface area contributed by atoms with E-state index >= 15 is 0 Å². The van der Waals surface area contributed by atoms with E-state index in [0.29, 0.717) is 17.9 Å². The number of ether oxygens (including phenoxy) is 3. The van der Waals surface area contributed by atoms with Crippen LogP contribution in [-0.2, 0) is 9.53 Å². The normalized spacial score (nSPS) is 11.6. The molecule has 0 aliphatic heterocycles. The molecule has 0 fully saturated rings. The van der Waals surface area contributed by atoms with Crippen LogP contribution in [0.25, 0.3) is 0 Å². The zero-order valence-corrected chi connectivity index (χ0v) is 13.0. The van der Waals surface area contributed by atoms with Crippen LogP contribution in [0.5, 0.6) is 11.5 Å². The average molecular weight is 294 g/mol. The van der Waals surface area contributed by atoms with Gasteiger partial charge in [0.05, 0.1) is 21.3 Å². The number of unbranched alkanes of at least 4 members (excludes halogenated alkanes) is 1. The summed E-state index contributed by atoms with van der Waals surface area (Å²) in [5.74, 6) is -0.902. The third-order valence-electron chi connectivity index (χ3n) is 3.32. The second kappa shape index (κ2) is 8.29. The molecule has 116 valence electrons. The molecule has 0 aliphatic rings. The van der Waals surface area contributed by atoms with E-state index in [2.05, 4.69) is 0 Å². The summed E-state index contributed by atoms with van der Waals surface area (Å²) >= 11 is 0. The highest BCUT2D eigenvalue weighted by atomic mass is 16.5. The van der Waals surface area contributed by atoms with Crippen molar-refractivity contribution in [2.24, 2.45) is 5.92 Å². The zero-order valence-electron chi connectivity index (χ0n) is 13.0. The summed E-state index contributed by atoms with van der Waals surface area (Å²) < 4.78 is 15.2. The molecule has 0 radical (unpaired) electrons. The molecule has 5 nitrogen and oxygen atoms in total. The van der Waals surface area contributed by atoms with Gasteiger partial charge in [0.2, 0.25) is 0 Å². The first-order valence-corrected chi connectivity index (χ1v) is 6.93. The number of ketones is 1. The summed E-state index contributed by atoms with van der Waals surface area (Å²) in [6, 6.07) is 5.07. The van der Waals surface area contributed by atoms with Crippen LogP contribution < -0.4 is 9.47 Å². The van der Waals surface area contributed by atoms with Crippen molar-refractivity contribution in [3.05, 3.63) is 23.8 Å². The molecule has 1 rings (SSSR count). The third-order valence-corrected chi connectivity index (χ3v) is 3.32. The quantitative estimate of drug-likeness (QED) is 0.419.